The number of anilines is 1. The number of nitrogens with zero attached hydrogens (tertiary/aromatic N) is 5. The minimum atomic E-state index is 0.00943. The van der Waals surface area contributed by atoms with Gasteiger partial charge in [0.25, 0.3) is 0 Å². The minimum Gasteiger partial charge on any atom is -0.339 e. The number of aromatic nitrogens is 4. The summed E-state index contributed by atoms with van der Waals surface area (Å²) in [7, 11) is 0. The Kier molecular flexibility index (Phi) is 5.94. The molecule has 2 aromatic heterocycles. The molecule has 1 aliphatic heterocycles. The van der Waals surface area contributed by atoms with Crippen molar-refractivity contribution in [1.82, 2.24) is 24.8 Å². The van der Waals surface area contributed by atoms with Gasteiger partial charge < -0.3 is 9.84 Å². The largest absolute Gasteiger partial charge is 0.339 e. The van der Waals surface area contributed by atoms with Gasteiger partial charge in [-0.25, -0.2) is 0 Å². The number of carbonyl (C=O) groups excluding carboxylic acids is 1. The third-order valence-corrected chi connectivity index (χ3v) is 5.22. The fourth-order valence-corrected chi connectivity index (χ4v) is 3.55. The van der Waals surface area contributed by atoms with Gasteiger partial charge in [-0.3, -0.25) is 14.4 Å². The predicted octanol–water partition coefficient (Wildman–Crippen LogP) is 2.84. The van der Waals surface area contributed by atoms with Crippen LogP contribution in [-0.2, 0) is 11.3 Å². The van der Waals surface area contributed by atoms with E-state index in [9.17, 15) is 4.79 Å². The van der Waals surface area contributed by atoms with Crippen LogP contribution in [0, 0.1) is 13.8 Å². The molecule has 8 nitrogen and oxygen atoms in total. The van der Waals surface area contributed by atoms with Gasteiger partial charge in [0.05, 0.1) is 23.6 Å². The Morgan fingerprint density at radius 1 is 1.30 bits per heavy atom. The van der Waals surface area contributed by atoms with Crippen LogP contribution >= 0.6 is 0 Å². The van der Waals surface area contributed by atoms with E-state index in [0.29, 0.717) is 6.54 Å². The SMILES string of the molecule is CCn1nc(C)c(NC(=O)CN2CCC(c3nc(C(C)C)no3)CC2)c1C. The second kappa shape index (κ2) is 8.21. The smallest absolute Gasteiger partial charge is 0.238 e. The summed E-state index contributed by atoms with van der Waals surface area (Å²) in [5.74, 6) is 2.08. The van der Waals surface area contributed by atoms with E-state index in [4.69, 9.17) is 4.52 Å². The first-order valence-electron chi connectivity index (χ1n) is 9.78. The highest BCUT2D eigenvalue weighted by Crippen LogP contribution is 2.27. The van der Waals surface area contributed by atoms with Crippen molar-refractivity contribution in [3.8, 4) is 0 Å². The molecule has 1 fully saturated rings. The van der Waals surface area contributed by atoms with Crippen molar-refractivity contribution >= 4 is 11.6 Å². The topological polar surface area (TPSA) is 89.1 Å². The second-order valence-electron chi connectivity index (χ2n) is 7.61. The molecular formula is C19H30N6O2. The summed E-state index contributed by atoms with van der Waals surface area (Å²) in [6.45, 7) is 13.0. The molecule has 2 aromatic rings. The van der Waals surface area contributed by atoms with Crippen molar-refractivity contribution in [3.63, 3.8) is 0 Å². The van der Waals surface area contributed by atoms with Gasteiger partial charge in [0, 0.05) is 18.4 Å². The van der Waals surface area contributed by atoms with Crippen LogP contribution in [0.5, 0.6) is 0 Å². The molecule has 0 unspecified atom stereocenters. The maximum atomic E-state index is 12.5. The van der Waals surface area contributed by atoms with Crippen molar-refractivity contribution in [2.75, 3.05) is 25.0 Å². The Labute approximate surface area is 160 Å². The zero-order chi connectivity index (χ0) is 19.6. The molecule has 8 heteroatoms. The van der Waals surface area contributed by atoms with Crippen molar-refractivity contribution in [2.45, 2.75) is 65.8 Å². The molecule has 1 amide bonds. The fraction of sp³-hybridized carbons (Fsp3) is 0.684. The lowest BCUT2D eigenvalue weighted by Gasteiger charge is -2.29. The van der Waals surface area contributed by atoms with Gasteiger partial charge in [-0.1, -0.05) is 19.0 Å². The molecule has 0 aromatic carbocycles. The number of carbonyl (C=O) groups is 1. The third-order valence-electron chi connectivity index (χ3n) is 5.22. The molecule has 1 aliphatic rings. The standard InChI is InChI=1S/C19H30N6O2/c1-6-25-14(5)17(13(4)22-25)20-16(26)11-24-9-7-15(8-10-24)19-21-18(12(2)3)23-27-19/h12,15H,6-11H2,1-5H3,(H,20,26). The van der Waals surface area contributed by atoms with E-state index in [2.05, 4.69) is 39.3 Å². The average molecular weight is 374 g/mol. The van der Waals surface area contributed by atoms with E-state index in [-0.39, 0.29) is 17.7 Å². The predicted molar refractivity (Wildman–Crippen MR) is 103 cm³/mol. The molecule has 148 valence electrons. The van der Waals surface area contributed by atoms with Crippen LogP contribution < -0.4 is 5.32 Å². The molecule has 27 heavy (non-hydrogen) atoms. The van der Waals surface area contributed by atoms with Crippen LogP contribution in [0.2, 0.25) is 0 Å². The third kappa shape index (κ3) is 4.37. The van der Waals surface area contributed by atoms with Crippen LogP contribution in [0.15, 0.2) is 4.52 Å². The molecule has 1 saturated heterocycles. The highest BCUT2D eigenvalue weighted by molar-refractivity contribution is 5.93. The average Bonchev–Trinajstić information content (AvgIpc) is 3.23. The van der Waals surface area contributed by atoms with Crippen molar-refractivity contribution < 1.29 is 9.32 Å². The lowest BCUT2D eigenvalue weighted by molar-refractivity contribution is -0.117. The molecule has 0 radical (unpaired) electrons. The quantitative estimate of drug-likeness (QED) is 0.836. The number of hydrogen-bond donors (Lipinski definition) is 1. The first-order chi connectivity index (χ1) is 12.9. The molecule has 1 N–H and O–H groups in total. The van der Waals surface area contributed by atoms with Gasteiger partial charge in [0.1, 0.15) is 0 Å². The first kappa shape index (κ1) is 19.5. The van der Waals surface area contributed by atoms with Crippen molar-refractivity contribution in [2.24, 2.45) is 0 Å². The van der Waals surface area contributed by atoms with Gasteiger partial charge >= 0.3 is 0 Å². The van der Waals surface area contributed by atoms with E-state index >= 15 is 0 Å². The van der Waals surface area contributed by atoms with Crippen LogP contribution in [0.25, 0.3) is 0 Å². The molecule has 0 spiro atoms. The number of amides is 1. The van der Waals surface area contributed by atoms with Gasteiger partial charge in [-0.05, 0) is 46.7 Å². The lowest BCUT2D eigenvalue weighted by atomic mass is 9.96. The Hall–Kier alpha value is -2.22. The zero-order valence-corrected chi connectivity index (χ0v) is 16.9. The second-order valence-corrected chi connectivity index (χ2v) is 7.61. The lowest BCUT2D eigenvalue weighted by Crippen LogP contribution is -2.38. The summed E-state index contributed by atoms with van der Waals surface area (Å²) in [4.78, 5) is 19.2. The van der Waals surface area contributed by atoms with Gasteiger partial charge in [0.15, 0.2) is 5.82 Å². The fourth-order valence-electron chi connectivity index (χ4n) is 3.55. The number of likely N-dealkylation sites (tertiary alicyclic amines) is 1. The molecule has 3 heterocycles. The summed E-state index contributed by atoms with van der Waals surface area (Å²) >= 11 is 0. The number of hydrogen-bond acceptors (Lipinski definition) is 6. The summed E-state index contributed by atoms with van der Waals surface area (Å²) in [6.07, 6.45) is 1.86. The zero-order valence-electron chi connectivity index (χ0n) is 16.9. The van der Waals surface area contributed by atoms with Gasteiger partial charge in [-0.2, -0.15) is 10.1 Å². The molecule has 0 atom stereocenters. The highest BCUT2D eigenvalue weighted by Gasteiger charge is 2.27. The van der Waals surface area contributed by atoms with Crippen molar-refractivity contribution in [3.05, 3.63) is 23.1 Å². The van der Waals surface area contributed by atoms with E-state index in [1.807, 2.05) is 25.5 Å². The monoisotopic (exact) mass is 374 g/mol. The normalized spacial score (nSPS) is 16.2. The Bertz CT molecular complexity index is 786. The molecule has 0 bridgehead atoms. The van der Waals surface area contributed by atoms with E-state index < -0.39 is 0 Å². The number of piperidine rings is 1. The van der Waals surface area contributed by atoms with Gasteiger partial charge in [-0.15, -0.1) is 0 Å². The van der Waals surface area contributed by atoms with Crippen LogP contribution in [0.4, 0.5) is 5.69 Å². The Morgan fingerprint density at radius 2 is 2.00 bits per heavy atom. The summed E-state index contributed by atoms with van der Waals surface area (Å²) in [5.41, 5.74) is 2.70. The van der Waals surface area contributed by atoms with Crippen molar-refractivity contribution in [1.29, 1.82) is 0 Å². The molecule has 0 saturated carbocycles. The summed E-state index contributed by atoms with van der Waals surface area (Å²) in [5, 5.41) is 11.5. The maximum Gasteiger partial charge on any atom is 0.238 e. The molecular weight excluding hydrogens is 344 g/mol. The Morgan fingerprint density at radius 3 is 2.56 bits per heavy atom. The van der Waals surface area contributed by atoms with E-state index in [1.165, 1.54) is 0 Å². The van der Waals surface area contributed by atoms with E-state index in [0.717, 1.165) is 61.3 Å². The minimum absolute atomic E-state index is 0.00943. The maximum absolute atomic E-state index is 12.5. The highest BCUT2D eigenvalue weighted by atomic mass is 16.5. The molecule has 0 aliphatic carbocycles. The van der Waals surface area contributed by atoms with Crippen LogP contribution in [0.3, 0.4) is 0 Å². The number of rotatable bonds is 6. The Balaban J connectivity index is 1.51. The number of nitrogens with one attached hydrogen (secondary N) is 1. The van der Waals surface area contributed by atoms with Crippen LogP contribution in [-0.4, -0.2) is 50.4 Å². The summed E-state index contributed by atoms with van der Waals surface area (Å²) < 4.78 is 7.34. The summed E-state index contributed by atoms with van der Waals surface area (Å²) in [6, 6.07) is 0. The van der Waals surface area contributed by atoms with Gasteiger partial charge in [0.2, 0.25) is 11.8 Å². The number of aryl methyl sites for hydroxylation is 2. The first-order valence-corrected chi connectivity index (χ1v) is 9.78. The molecule has 3 rings (SSSR count). The van der Waals surface area contributed by atoms with E-state index in [1.54, 1.807) is 0 Å². The van der Waals surface area contributed by atoms with Crippen LogP contribution in [0.1, 0.15) is 68.6 Å².